The highest BCUT2D eigenvalue weighted by atomic mass is 35.5. The molecule has 6 rings (SSSR count). The van der Waals surface area contributed by atoms with E-state index in [0.717, 1.165) is 5.56 Å². The summed E-state index contributed by atoms with van der Waals surface area (Å²) in [5.74, 6) is 1.44. The third-order valence-corrected chi connectivity index (χ3v) is 8.15. The lowest BCUT2D eigenvalue weighted by atomic mass is 10.2. The van der Waals surface area contributed by atoms with Crippen molar-refractivity contribution in [2.24, 2.45) is 0 Å². The summed E-state index contributed by atoms with van der Waals surface area (Å²) in [6.07, 6.45) is 4.94. The molecule has 1 N–H and O–H groups in total. The molecule has 236 valence electrons. The smallest absolute Gasteiger partial charge is 0.223 e. The van der Waals surface area contributed by atoms with Crippen molar-refractivity contribution in [1.82, 2.24) is 9.97 Å². The molecule has 0 bridgehead atoms. The summed E-state index contributed by atoms with van der Waals surface area (Å²) in [7, 11) is 3.03. The highest BCUT2D eigenvalue weighted by Crippen LogP contribution is 2.39. The van der Waals surface area contributed by atoms with Crippen molar-refractivity contribution in [2.75, 3.05) is 20.5 Å². The first-order valence-electron chi connectivity index (χ1n) is 13.9. The van der Waals surface area contributed by atoms with Crippen LogP contribution in [0.1, 0.15) is 5.56 Å². The maximum absolute atomic E-state index is 9.61. The van der Waals surface area contributed by atoms with Crippen LogP contribution in [0.2, 0.25) is 10.0 Å². The van der Waals surface area contributed by atoms with Gasteiger partial charge in [-0.25, -0.2) is 9.69 Å². The van der Waals surface area contributed by atoms with Crippen LogP contribution in [0.15, 0.2) is 102 Å². The highest BCUT2D eigenvalue weighted by Gasteiger charge is 2.13. The van der Waals surface area contributed by atoms with E-state index in [9.17, 15) is 5.11 Å². The van der Waals surface area contributed by atoms with Gasteiger partial charge in [-0.1, -0.05) is 71.7 Å². The zero-order chi connectivity index (χ0) is 33.8. The molecule has 0 fully saturated rings. The van der Waals surface area contributed by atoms with Gasteiger partial charge in [0.1, 0.15) is 6.61 Å². The van der Waals surface area contributed by atoms with Crippen LogP contribution < -0.4 is 14.2 Å². The van der Waals surface area contributed by atoms with Gasteiger partial charge in [-0.05, 0) is 36.1 Å². The number of aromatic hydroxyl groups is 1. The molecule has 0 aliphatic rings. The Balaban J connectivity index is 0.000000180. The summed E-state index contributed by atoms with van der Waals surface area (Å²) in [6.45, 7) is 14.4. The minimum atomic E-state index is -0.0270. The number of ether oxygens (including phenoxy) is 3. The van der Waals surface area contributed by atoms with E-state index in [1.807, 2.05) is 48.5 Å². The number of aromatic nitrogens is 2. The Bertz CT molecular complexity index is 2070. The lowest BCUT2D eigenvalue weighted by Crippen LogP contribution is -1.98. The van der Waals surface area contributed by atoms with Gasteiger partial charge in [0.2, 0.25) is 11.4 Å². The number of pyridine rings is 2. The van der Waals surface area contributed by atoms with Crippen LogP contribution in [0.5, 0.6) is 23.0 Å². The molecule has 0 aliphatic heterocycles. The van der Waals surface area contributed by atoms with Crippen molar-refractivity contribution >= 4 is 68.1 Å². The number of fused-ring (bicyclic) bond motifs is 2. The van der Waals surface area contributed by atoms with Crippen LogP contribution in [-0.2, 0) is 6.61 Å². The lowest BCUT2D eigenvalue weighted by molar-refractivity contribution is 0.285. The number of thioether (sulfide) groups is 1. The van der Waals surface area contributed by atoms with Crippen molar-refractivity contribution in [1.29, 1.82) is 0 Å². The van der Waals surface area contributed by atoms with Gasteiger partial charge in [0.15, 0.2) is 23.0 Å². The maximum Gasteiger partial charge on any atom is 0.223 e. The normalized spacial score (nSPS) is 10.0. The monoisotopic (exact) mass is 682 g/mol. The molecule has 0 aliphatic carbocycles. The molecule has 0 saturated heterocycles. The Morgan fingerprint density at radius 2 is 1.23 bits per heavy atom. The van der Waals surface area contributed by atoms with Gasteiger partial charge in [0.05, 0.1) is 48.4 Å². The van der Waals surface area contributed by atoms with E-state index in [4.69, 9.17) is 50.6 Å². The van der Waals surface area contributed by atoms with Crippen molar-refractivity contribution in [3.63, 3.8) is 0 Å². The van der Waals surface area contributed by atoms with Crippen LogP contribution in [0, 0.1) is 13.1 Å². The second-order valence-electron chi connectivity index (χ2n) is 9.49. The zero-order valence-corrected chi connectivity index (χ0v) is 27.9. The van der Waals surface area contributed by atoms with E-state index in [1.165, 1.54) is 30.5 Å². The Kier molecular flexibility index (Phi) is 12.5. The summed E-state index contributed by atoms with van der Waals surface area (Å²) in [5, 5.41) is 11.5. The molecule has 2 heterocycles. The van der Waals surface area contributed by atoms with Crippen molar-refractivity contribution < 1.29 is 19.3 Å². The number of hydrogen-bond donors (Lipinski definition) is 1. The molecule has 47 heavy (non-hydrogen) atoms. The standard InChI is InChI=1S/C18H13ClN2O2.C11H7ClN2O2.C7H8S/c1-20-15-10-21-14-9-16(22-2)17(8-13(14)18(15)19)23-11-12-6-4-3-5-7-12;1-13-8-5-14-7-4-10(16-2)9(15)3-6(7)11(8)12;1-8-7-5-3-2-4-6-7/h3-10H,11H2,2H3;3-5,15H,2H3;2-6H,1H3. The van der Waals surface area contributed by atoms with E-state index >= 15 is 0 Å². The van der Waals surface area contributed by atoms with E-state index in [-0.39, 0.29) is 16.5 Å². The molecule has 0 amide bonds. The van der Waals surface area contributed by atoms with E-state index in [0.29, 0.717) is 56.4 Å². The van der Waals surface area contributed by atoms with Crippen molar-refractivity contribution in [3.05, 3.63) is 136 Å². The molecular weight excluding hydrogens is 655 g/mol. The Labute approximate surface area is 287 Å². The number of phenolic OH excluding ortho intramolecular Hbond substituents is 1. The number of phenols is 1. The van der Waals surface area contributed by atoms with Gasteiger partial charge in [-0.2, -0.15) is 0 Å². The molecule has 4 aromatic carbocycles. The average Bonchev–Trinajstić information content (AvgIpc) is 3.12. The van der Waals surface area contributed by atoms with Crippen molar-refractivity contribution in [3.8, 4) is 23.0 Å². The van der Waals surface area contributed by atoms with E-state index < -0.39 is 0 Å². The minimum Gasteiger partial charge on any atom is -0.504 e. The number of rotatable bonds is 6. The second-order valence-corrected chi connectivity index (χ2v) is 11.1. The molecule has 2 aromatic heterocycles. The Hall–Kier alpha value is -5.19. The van der Waals surface area contributed by atoms with Gasteiger partial charge >= 0.3 is 0 Å². The number of nitrogens with zero attached hydrogens (tertiary/aromatic N) is 4. The number of methoxy groups -OCH3 is 2. The first-order chi connectivity index (χ1) is 22.8. The molecule has 0 radical (unpaired) electrons. The predicted octanol–water partition coefficient (Wildman–Crippen LogP) is 10.6. The minimum absolute atomic E-state index is 0.0270. The van der Waals surface area contributed by atoms with Gasteiger partial charge in [0.25, 0.3) is 0 Å². The summed E-state index contributed by atoms with van der Waals surface area (Å²) >= 11 is 14.0. The predicted molar refractivity (Wildman–Crippen MR) is 190 cm³/mol. The molecule has 0 unspecified atom stereocenters. The summed E-state index contributed by atoms with van der Waals surface area (Å²) < 4.78 is 16.2. The van der Waals surface area contributed by atoms with Crippen molar-refractivity contribution in [2.45, 2.75) is 11.5 Å². The van der Waals surface area contributed by atoms with E-state index in [1.54, 1.807) is 37.1 Å². The first-order valence-corrected chi connectivity index (χ1v) is 15.8. The summed E-state index contributed by atoms with van der Waals surface area (Å²) in [6, 6.07) is 26.7. The highest BCUT2D eigenvalue weighted by molar-refractivity contribution is 7.98. The summed E-state index contributed by atoms with van der Waals surface area (Å²) in [5.41, 5.74) is 2.87. The van der Waals surface area contributed by atoms with Gasteiger partial charge in [-0.3, -0.25) is 9.97 Å². The van der Waals surface area contributed by atoms with Crippen LogP contribution in [0.25, 0.3) is 31.5 Å². The SMILES string of the molecule is CSc1ccccc1.[C-]#[N+]c1cnc2cc(OC)c(O)cc2c1Cl.[C-]#[N+]c1cnc2cc(OC)c(OCc3ccccc3)cc2c1Cl. The number of hydrogen-bond acceptors (Lipinski definition) is 7. The first kappa shape index (κ1) is 34.7. The van der Waals surface area contributed by atoms with Gasteiger partial charge in [0, 0.05) is 40.2 Å². The van der Waals surface area contributed by atoms with Crippen LogP contribution >= 0.6 is 35.0 Å². The maximum atomic E-state index is 9.61. The molecule has 0 saturated carbocycles. The Morgan fingerprint density at radius 3 is 1.72 bits per heavy atom. The molecule has 11 heteroatoms. The van der Waals surface area contributed by atoms with Gasteiger partial charge in [-0.15, -0.1) is 11.8 Å². The van der Waals surface area contributed by atoms with E-state index in [2.05, 4.69) is 38.0 Å². The van der Waals surface area contributed by atoms with Crippen LogP contribution in [-0.4, -0.2) is 35.5 Å². The fraction of sp³-hybridized carbons (Fsp3) is 0.111. The average molecular weight is 684 g/mol. The zero-order valence-electron chi connectivity index (χ0n) is 25.6. The van der Waals surface area contributed by atoms with Crippen LogP contribution in [0.3, 0.4) is 0 Å². The Morgan fingerprint density at radius 1 is 0.723 bits per heavy atom. The topological polar surface area (TPSA) is 82.4 Å². The fourth-order valence-electron chi connectivity index (χ4n) is 4.21. The third-order valence-electron chi connectivity index (χ3n) is 6.61. The largest absolute Gasteiger partial charge is 0.504 e. The van der Waals surface area contributed by atoms with Gasteiger partial charge < -0.3 is 19.3 Å². The molecular formula is C36H28Cl2N4O4S. The van der Waals surface area contributed by atoms with Crippen LogP contribution in [0.4, 0.5) is 11.4 Å². The number of benzene rings is 4. The quantitative estimate of drug-likeness (QED) is 0.138. The molecule has 0 spiro atoms. The molecule has 0 atom stereocenters. The summed E-state index contributed by atoms with van der Waals surface area (Å²) in [4.78, 5) is 16.3. The third kappa shape index (κ3) is 8.75. The molecule has 8 nitrogen and oxygen atoms in total. The number of halogens is 2. The lowest BCUT2D eigenvalue weighted by Gasteiger charge is -2.13. The second kappa shape index (κ2) is 16.9. The fourth-order valence-corrected chi connectivity index (χ4v) is 5.12. The molecule has 6 aromatic rings.